The van der Waals surface area contributed by atoms with Gasteiger partial charge in [-0.1, -0.05) is 24.3 Å². The van der Waals surface area contributed by atoms with E-state index in [0.717, 1.165) is 49.9 Å². The van der Waals surface area contributed by atoms with Crippen LogP contribution in [0.1, 0.15) is 39.5 Å². The highest BCUT2D eigenvalue weighted by molar-refractivity contribution is 5.98. The fraction of sp³-hybridized carbons (Fsp3) is 0.346. The molecule has 7 nitrogen and oxygen atoms in total. The number of fused-ring (bicyclic) bond motifs is 2. The van der Waals surface area contributed by atoms with Gasteiger partial charge in [-0.15, -0.1) is 0 Å². The summed E-state index contributed by atoms with van der Waals surface area (Å²) < 4.78 is 25.2. The minimum Gasteiger partial charge on any atom is -0.454 e. The molecule has 174 valence electrons. The van der Waals surface area contributed by atoms with Gasteiger partial charge in [-0.3, -0.25) is 9.69 Å². The number of rotatable bonds is 4. The standard InChI is InChI=1S/C26H25FN4O3/c27-21-4-2-1-3-19(21)18-12-22-20(23(32)13-18)14-28-26(29-22)31-9-7-30(8-10-31)15-17-5-6-24-25(11-17)34-16-33-24/h1-6,11,14,18H,7-10,12-13,15-16H2/t18-/m0/s1. The third kappa shape index (κ3) is 3.98. The zero-order valence-corrected chi connectivity index (χ0v) is 18.7. The number of aromatic nitrogens is 2. The van der Waals surface area contributed by atoms with Crippen molar-refractivity contribution in [1.29, 1.82) is 0 Å². The van der Waals surface area contributed by atoms with Crippen molar-refractivity contribution in [2.75, 3.05) is 37.9 Å². The van der Waals surface area contributed by atoms with Crippen molar-refractivity contribution in [2.24, 2.45) is 0 Å². The zero-order chi connectivity index (χ0) is 23.1. The van der Waals surface area contributed by atoms with Gasteiger partial charge < -0.3 is 14.4 Å². The summed E-state index contributed by atoms with van der Waals surface area (Å²) in [5, 5.41) is 0. The largest absolute Gasteiger partial charge is 0.454 e. The number of carbonyl (C=O) groups excluding carboxylic acids is 1. The molecule has 34 heavy (non-hydrogen) atoms. The molecule has 3 heterocycles. The molecule has 0 spiro atoms. The minimum atomic E-state index is -0.267. The molecule has 6 rings (SSSR count). The molecular weight excluding hydrogens is 435 g/mol. The maximum Gasteiger partial charge on any atom is 0.231 e. The van der Waals surface area contributed by atoms with Gasteiger partial charge in [0.2, 0.25) is 12.7 Å². The van der Waals surface area contributed by atoms with E-state index >= 15 is 0 Å². The van der Waals surface area contributed by atoms with Gasteiger partial charge >= 0.3 is 0 Å². The van der Waals surface area contributed by atoms with E-state index in [0.29, 0.717) is 23.5 Å². The summed E-state index contributed by atoms with van der Waals surface area (Å²) in [6.07, 6.45) is 2.48. The Hall–Kier alpha value is -3.52. The van der Waals surface area contributed by atoms with Gasteiger partial charge in [-0.2, -0.15) is 0 Å². The molecule has 0 bridgehead atoms. The summed E-state index contributed by atoms with van der Waals surface area (Å²) in [5.74, 6) is 1.77. The third-order valence-electron chi connectivity index (χ3n) is 6.87. The molecule has 3 aromatic rings. The number of halogens is 1. The van der Waals surface area contributed by atoms with Crippen LogP contribution in [-0.2, 0) is 13.0 Å². The minimum absolute atomic E-state index is 0.0189. The van der Waals surface area contributed by atoms with Crippen molar-refractivity contribution in [1.82, 2.24) is 14.9 Å². The molecule has 3 aliphatic rings. The van der Waals surface area contributed by atoms with Gasteiger partial charge in [0.1, 0.15) is 5.82 Å². The van der Waals surface area contributed by atoms with Crippen LogP contribution in [0.4, 0.5) is 10.3 Å². The Kier molecular flexibility index (Phi) is 5.37. The Labute approximate surface area is 197 Å². The second-order valence-electron chi connectivity index (χ2n) is 9.03. The van der Waals surface area contributed by atoms with Gasteiger partial charge in [0.15, 0.2) is 17.3 Å². The number of anilines is 1. The van der Waals surface area contributed by atoms with Gasteiger partial charge in [0, 0.05) is 45.3 Å². The molecule has 1 fully saturated rings. The smallest absolute Gasteiger partial charge is 0.231 e. The maximum atomic E-state index is 14.3. The first kappa shape index (κ1) is 21.0. The van der Waals surface area contributed by atoms with Gasteiger partial charge in [0.25, 0.3) is 0 Å². The molecule has 0 unspecified atom stereocenters. The fourth-order valence-electron chi connectivity index (χ4n) is 5.02. The lowest BCUT2D eigenvalue weighted by Gasteiger charge is -2.35. The van der Waals surface area contributed by atoms with E-state index in [2.05, 4.69) is 20.9 Å². The topological polar surface area (TPSA) is 67.8 Å². The van der Waals surface area contributed by atoms with Crippen molar-refractivity contribution >= 4 is 11.7 Å². The first-order valence-corrected chi connectivity index (χ1v) is 11.6. The van der Waals surface area contributed by atoms with Gasteiger partial charge in [-0.05, 0) is 41.7 Å². The van der Waals surface area contributed by atoms with E-state index in [4.69, 9.17) is 14.5 Å². The quantitative estimate of drug-likeness (QED) is 0.590. The predicted octanol–water partition coefficient (Wildman–Crippen LogP) is 3.58. The van der Waals surface area contributed by atoms with E-state index in [1.54, 1.807) is 18.3 Å². The first-order chi connectivity index (χ1) is 16.6. The average molecular weight is 461 g/mol. The van der Waals surface area contributed by atoms with E-state index < -0.39 is 0 Å². The lowest BCUT2D eigenvalue weighted by molar-refractivity contribution is 0.0962. The monoisotopic (exact) mass is 460 g/mol. The molecule has 1 atom stereocenters. The lowest BCUT2D eigenvalue weighted by Crippen LogP contribution is -2.46. The summed E-state index contributed by atoms with van der Waals surface area (Å²) in [7, 11) is 0. The molecule has 1 aliphatic carbocycles. The van der Waals surface area contributed by atoms with Crippen LogP contribution >= 0.6 is 0 Å². The predicted molar refractivity (Wildman–Crippen MR) is 124 cm³/mol. The van der Waals surface area contributed by atoms with Crippen LogP contribution in [0.5, 0.6) is 11.5 Å². The van der Waals surface area contributed by atoms with Crippen LogP contribution in [0.3, 0.4) is 0 Å². The molecule has 0 radical (unpaired) electrons. The number of ketones is 1. The average Bonchev–Trinajstić information content (AvgIpc) is 3.32. The normalized spacial score (nSPS) is 19.9. The number of hydrogen-bond acceptors (Lipinski definition) is 7. The molecule has 1 aromatic heterocycles. The number of piperazine rings is 1. The van der Waals surface area contributed by atoms with E-state index in [-0.39, 0.29) is 30.7 Å². The first-order valence-electron chi connectivity index (χ1n) is 11.6. The Morgan fingerprint density at radius 1 is 1.00 bits per heavy atom. The summed E-state index contributed by atoms with van der Waals surface area (Å²) in [6, 6.07) is 12.8. The highest BCUT2D eigenvalue weighted by Gasteiger charge is 2.30. The Morgan fingerprint density at radius 2 is 1.82 bits per heavy atom. The summed E-state index contributed by atoms with van der Waals surface area (Å²) in [6.45, 7) is 4.48. The number of Topliss-reactive ketones (excluding diaryl/α,β-unsaturated/α-hetero) is 1. The van der Waals surface area contributed by atoms with Crippen LogP contribution in [-0.4, -0.2) is 53.6 Å². The van der Waals surface area contributed by atoms with Gasteiger partial charge in [0.05, 0.1) is 11.3 Å². The van der Waals surface area contributed by atoms with Crippen LogP contribution in [0.15, 0.2) is 48.7 Å². The van der Waals surface area contributed by atoms with Crippen LogP contribution in [0.25, 0.3) is 0 Å². The van der Waals surface area contributed by atoms with Crippen molar-refractivity contribution in [3.05, 3.63) is 76.9 Å². The number of hydrogen-bond donors (Lipinski definition) is 0. The van der Waals surface area contributed by atoms with Crippen molar-refractivity contribution in [2.45, 2.75) is 25.3 Å². The molecular formula is C26H25FN4O3. The highest BCUT2D eigenvalue weighted by atomic mass is 19.1. The fourth-order valence-corrected chi connectivity index (χ4v) is 5.02. The maximum absolute atomic E-state index is 14.3. The van der Waals surface area contributed by atoms with E-state index in [1.165, 1.54) is 11.6 Å². The third-order valence-corrected chi connectivity index (χ3v) is 6.87. The molecule has 0 saturated carbocycles. The van der Waals surface area contributed by atoms with Crippen LogP contribution in [0, 0.1) is 5.82 Å². The summed E-state index contributed by atoms with van der Waals surface area (Å²) in [5.41, 5.74) is 3.06. The summed E-state index contributed by atoms with van der Waals surface area (Å²) >= 11 is 0. The van der Waals surface area contributed by atoms with E-state index in [1.807, 2.05) is 18.2 Å². The number of benzene rings is 2. The summed E-state index contributed by atoms with van der Waals surface area (Å²) in [4.78, 5) is 26.5. The molecule has 0 N–H and O–H groups in total. The second-order valence-corrected chi connectivity index (χ2v) is 9.03. The lowest BCUT2D eigenvalue weighted by atomic mass is 9.82. The Balaban J connectivity index is 1.13. The SMILES string of the molecule is O=C1C[C@@H](c2ccccc2F)Cc2nc(N3CCN(Cc4ccc5c(c4)OCO5)CC3)ncc21. The zero-order valence-electron chi connectivity index (χ0n) is 18.7. The van der Waals surface area contributed by atoms with Crippen molar-refractivity contribution in [3.63, 3.8) is 0 Å². The van der Waals surface area contributed by atoms with Crippen LogP contribution in [0.2, 0.25) is 0 Å². The molecule has 2 aliphatic heterocycles. The van der Waals surface area contributed by atoms with E-state index in [9.17, 15) is 9.18 Å². The number of carbonyl (C=O) groups is 1. The van der Waals surface area contributed by atoms with Crippen molar-refractivity contribution < 1.29 is 18.7 Å². The van der Waals surface area contributed by atoms with Crippen LogP contribution < -0.4 is 14.4 Å². The molecule has 1 saturated heterocycles. The highest BCUT2D eigenvalue weighted by Crippen LogP contribution is 2.34. The Morgan fingerprint density at radius 3 is 2.68 bits per heavy atom. The van der Waals surface area contributed by atoms with Crippen molar-refractivity contribution in [3.8, 4) is 11.5 Å². The molecule has 0 amide bonds. The molecule has 8 heteroatoms. The van der Waals surface area contributed by atoms with Gasteiger partial charge in [-0.25, -0.2) is 14.4 Å². The number of ether oxygens (including phenoxy) is 2. The Bertz CT molecular complexity index is 1240. The number of nitrogens with zero attached hydrogens (tertiary/aromatic N) is 4. The molecule has 2 aromatic carbocycles. The second kappa shape index (κ2) is 8.68.